The van der Waals surface area contributed by atoms with E-state index in [1.807, 2.05) is 0 Å². The van der Waals surface area contributed by atoms with Gasteiger partial charge >= 0.3 is 0 Å². The Morgan fingerprint density at radius 1 is 1.39 bits per heavy atom. The van der Waals surface area contributed by atoms with Crippen molar-refractivity contribution < 1.29 is 9.84 Å². The topological polar surface area (TPSA) is 29.5 Å². The largest absolute Gasteiger partial charge is 0.490 e. The van der Waals surface area contributed by atoms with Gasteiger partial charge in [-0.05, 0) is 85.0 Å². The number of fused-ring (bicyclic) bond motifs is 5. The molecule has 1 N–H and O–H groups in total. The lowest BCUT2D eigenvalue weighted by atomic mass is 9.56. The Bertz CT molecular complexity index is 608. The lowest BCUT2D eigenvalue weighted by Crippen LogP contribution is -2.39. The molecule has 0 bridgehead atoms. The van der Waals surface area contributed by atoms with Crippen LogP contribution in [0.5, 0.6) is 5.75 Å². The van der Waals surface area contributed by atoms with Crippen LogP contribution in [-0.4, -0.2) is 17.8 Å². The molecule has 1 aromatic carbocycles. The van der Waals surface area contributed by atoms with Gasteiger partial charge in [0.2, 0.25) is 0 Å². The fraction of sp³-hybridized carbons (Fsp3) is 0.619. The van der Waals surface area contributed by atoms with Crippen molar-refractivity contribution in [1.29, 1.82) is 0 Å². The standard InChI is InChI=1S/C21H28O2/c1-3-10-23-16-5-7-17-14(11-16)4-6-19-18(17)8-9-21(2)13-15(22)12-20(19)21/h3,5,7,11,15,18-20,22H,1,4,6,8-10,12-13H2,2H3/t15-,18+,19+,20-,21+/m0/s1. The van der Waals surface area contributed by atoms with Crippen molar-refractivity contribution in [3.63, 3.8) is 0 Å². The molecule has 0 unspecified atom stereocenters. The molecule has 4 rings (SSSR count). The normalized spacial score (nSPS) is 38.3. The second-order valence-electron chi connectivity index (χ2n) is 8.16. The van der Waals surface area contributed by atoms with Gasteiger partial charge in [-0.1, -0.05) is 25.6 Å². The summed E-state index contributed by atoms with van der Waals surface area (Å²) in [5.41, 5.74) is 3.41. The van der Waals surface area contributed by atoms with Gasteiger partial charge in [-0.15, -0.1) is 0 Å². The van der Waals surface area contributed by atoms with Gasteiger partial charge in [0.25, 0.3) is 0 Å². The first-order valence-electron chi connectivity index (χ1n) is 9.15. The minimum atomic E-state index is -0.0696. The average Bonchev–Trinajstić information content (AvgIpc) is 2.86. The monoisotopic (exact) mass is 312 g/mol. The molecule has 2 nitrogen and oxygen atoms in total. The molecule has 2 heteroatoms. The third-order valence-corrected chi connectivity index (χ3v) is 6.81. The van der Waals surface area contributed by atoms with Gasteiger partial charge in [-0.25, -0.2) is 0 Å². The molecule has 0 radical (unpaired) electrons. The van der Waals surface area contributed by atoms with Gasteiger partial charge in [0.1, 0.15) is 12.4 Å². The van der Waals surface area contributed by atoms with Crippen molar-refractivity contribution in [1.82, 2.24) is 0 Å². The van der Waals surface area contributed by atoms with Crippen LogP contribution < -0.4 is 4.74 Å². The molecule has 2 fully saturated rings. The average molecular weight is 312 g/mol. The summed E-state index contributed by atoms with van der Waals surface area (Å²) >= 11 is 0. The fourth-order valence-corrected chi connectivity index (χ4v) is 5.83. The second kappa shape index (κ2) is 5.66. The van der Waals surface area contributed by atoms with Crippen LogP contribution in [0, 0.1) is 17.3 Å². The zero-order valence-corrected chi connectivity index (χ0v) is 14.1. The summed E-state index contributed by atoms with van der Waals surface area (Å²) in [7, 11) is 0. The third-order valence-electron chi connectivity index (χ3n) is 6.81. The molecule has 0 amide bonds. The third kappa shape index (κ3) is 2.52. The number of aliphatic hydroxyl groups excluding tert-OH is 1. The minimum absolute atomic E-state index is 0.0696. The first-order valence-corrected chi connectivity index (χ1v) is 9.15. The molecule has 124 valence electrons. The number of ether oxygens (including phenoxy) is 1. The van der Waals surface area contributed by atoms with E-state index in [1.54, 1.807) is 11.6 Å². The molecule has 5 atom stereocenters. The molecular weight excluding hydrogens is 284 g/mol. The molecule has 0 heterocycles. The highest BCUT2D eigenvalue weighted by Crippen LogP contribution is 2.60. The van der Waals surface area contributed by atoms with Crippen LogP contribution in [0.1, 0.15) is 56.1 Å². The lowest BCUT2D eigenvalue weighted by Gasteiger charge is -2.49. The zero-order chi connectivity index (χ0) is 16.0. The molecule has 0 spiro atoms. The Morgan fingerprint density at radius 2 is 2.26 bits per heavy atom. The van der Waals surface area contributed by atoms with Crippen LogP contribution in [-0.2, 0) is 6.42 Å². The van der Waals surface area contributed by atoms with E-state index in [0.717, 1.165) is 30.9 Å². The Balaban J connectivity index is 1.60. The van der Waals surface area contributed by atoms with Crippen molar-refractivity contribution in [2.45, 2.75) is 57.5 Å². The van der Waals surface area contributed by atoms with E-state index in [-0.39, 0.29) is 6.10 Å². The molecule has 0 aromatic heterocycles. The highest BCUT2D eigenvalue weighted by atomic mass is 16.5. The minimum Gasteiger partial charge on any atom is -0.490 e. The number of aryl methyl sites for hydroxylation is 1. The molecule has 1 aromatic rings. The SMILES string of the molecule is C=CCOc1ccc2c(c1)CC[C@@H]1[C@@H]2CC[C@]2(C)C[C@@H](O)C[C@@H]12. The summed E-state index contributed by atoms with van der Waals surface area (Å²) in [6.07, 6.45) is 8.74. The van der Waals surface area contributed by atoms with Crippen LogP contribution in [0.25, 0.3) is 0 Å². The quantitative estimate of drug-likeness (QED) is 0.835. The fourth-order valence-electron chi connectivity index (χ4n) is 5.83. The van der Waals surface area contributed by atoms with Crippen molar-refractivity contribution in [2.75, 3.05) is 6.61 Å². The molecule has 3 aliphatic rings. The van der Waals surface area contributed by atoms with Gasteiger partial charge in [0.05, 0.1) is 6.10 Å². The molecule has 23 heavy (non-hydrogen) atoms. The smallest absolute Gasteiger partial charge is 0.120 e. The number of benzene rings is 1. The van der Waals surface area contributed by atoms with Crippen LogP contribution >= 0.6 is 0 Å². The van der Waals surface area contributed by atoms with Crippen LogP contribution in [0.2, 0.25) is 0 Å². The summed E-state index contributed by atoms with van der Waals surface area (Å²) in [5.74, 6) is 3.13. The number of aliphatic hydroxyl groups is 1. The van der Waals surface area contributed by atoms with Gasteiger partial charge < -0.3 is 9.84 Å². The maximum absolute atomic E-state index is 10.2. The second-order valence-corrected chi connectivity index (χ2v) is 8.16. The van der Waals surface area contributed by atoms with Crippen LogP contribution in [0.3, 0.4) is 0 Å². The molecule has 2 saturated carbocycles. The maximum atomic E-state index is 10.2. The molecular formula is C21H28O2. The van der Waals surface area contributed by atoms with Crippen molar-refractivity contribution in [3.05, 3.63) is 42.0 Å². The van der Waals surface area contributed by atoms with E-state index in [1.165, 1.54) is 24.8 Å². The highest BCUT2D eigenvalue weighted by Gasteiger charge is 2.52. The van der Waals surface area contributed by atoms with Gasteiger partial charge in [-0.3, -0.25) is 0 Å². The summed E-state index contributed by atoms with van der Waals surface area (Å²) < 4.78 is 5.71. The van der Waals surface area contributed by atoms with E-state index in [4.69, 9.17) is 4.74 Å². The Kier molecular flexibility index (Phi) is 3.76. The van der Waals surface area contributed by atoms with Crippen molar-refractivity contribution >= 4 is 0 Å². The van der Waals surface area contributed by atoms with Gasteiger partial charge in [-0.2, -0.15) is 0 Å². The van der Waals surface area contributed by atoms with E-state index in [2.05, 4.69) is 31.7 Å². The van der Waals surface area contributed by atoms with E-state index in [9.17, 15) is 5.11 Å². The van der Waals surface area contributed by atoms with E-state index < -0.39 is 0 Å². The Hall–Kier alpha value is -1.28. The highest BCUT2D eigenvalue weighted by molar-refractivity contribution is 5.40. The van der Waals surface area contributed by atoms with Crippen LogP contribution in [0.4, 0.5) is 0 Å². The van der Waals surface area contributed by atoms with Gasteiger partial charge in [0.15, 0.2) is 0 Å². The number of hydrogen-bond acceptors (Lipinski definition) is 2. The first-order chi connectivity index (χ1) is 11.1. The molecule has 3 aliphatic carbocycles. The number of hydrogen-bond donors (Lipinski definition) is 1. The summed E-state index contributed by atoms with van der Waals surface area (Å²) in [6, 6.07) is 6.67. The number of rotatable bonds is 3. The predicted molar refractivity (Wildman–Crippen MR) is 92.8 cm³/mol. The van der Waals surface area contributed by atoms with Crippen LogP contribution in [0.15, 0.2) is 30.9 Å². The van der Waals surface area contributed by atoms with Crippen molar-refractivity contribution in [2.24, 2.45) is 17.3 Å². The summed E-state index contributed by atoms with van der Waals surface area (Å²) in [4.78, 5) is 0. The first kappa shape index (κ1) is 15.3. The van der Waals surface area contributed by atoms with E-state index in [0.29, 0.717) is 23.9 Å². The van der Waals surface area contributed by atoms with Gasteiger partial charge in [0, 0.05) is 0 Å². The molecule has 0 aliphatic heterocycles. The summed E-state index contributed by atoms with van der Waals surface area (Å²) in [5, 5.41) is 10.2. The van der Waals surface area contributed by atoms with Crippen molar-refractivity contribution in [3.8, 4) is 5.75 Å². The molecule has 0 saturated heterocycles. The van der Waals surface area contributed by atoms with E-state index >= 15 is 0 Å². The maximum Gasteiger partial charge on any atom is 0.120 e. The Labute approximate surface area is 139 Å². The zero-order valence-electron chi connectivity index (χ0n) is 14.1. The summed E-state index contributed by atoms with van der Waals surface area (Å²) in [6.45, 7) is 6.71. The predicted octanol–water partition coefficient (Wildman–Crippen LogP) is 4.47. The Morgan fingerprint density at radius 3 is 3.09 bits per heavy atom. The lowest BCUT2D eigenvalue weighted by molar-refractivity contribution is 0.0595.